The Morgan fingerprint density at radius 1 is 0.516 bits per heavy atom. The van der Waals surface area contributed by atoms with Crippen molar-refractivity contribution in [2.75, 3.05) is 27.2 Å². The third-order valence-electron chi connectivity index (χ3n) is 6.39. The lowest BCUT2D eigenvalue weighted by Crippen LogP contribution is -2.43. The summed E-state index contributed by atoms with van der Waals surface area (Å²) >= 11 is 0. The highest BCUT2D eigenvalue weighted by Crippen LogP contribution is 2.18. The molecule has 0 saturated heterocycles. The first-order valence-corrected chi connectivity index (χ1v) is 13.5. The molecule has 0 aliphatic rings. The fourth-order valence-corrected chi connectivity index (χ4v) is 4.14. The second-order valence-corrected chi connectivity index (χ2v) is 9.46. The van der Waals surface area contributed by atoms with Crippen molar-refractivity contribution in [2.45, 2.75) is 130 Å². The van der Waals surface area contributed by atoms with Crippen LogP contribution in [0.5, 0.6) is 0 Å². The van der Waals surface area contributed by atoms with Crippen LogP contribution in [0.2, 0.25) is 0 Å². The Bertz CT molecular complexity index is 405. The van der Waals surface area contributed by atoms with Crippen LogP contribution < -0.4 is 0 Å². The van der Waals surface area contributed by atoms with E-state index < -0.39 is 5.92 Å². The van der Waals surface area contributed by atoms with E-state index in [1.165, 1.54) is 77.0 Å². The SMILES string of the molecule is CCCCCCCCN(C)C(=O)C(CCCCCC)C(=O)N(C)CCCCCCCC. The molecule has 4 nitrogen and oxygen atoms in total. The average molecular weight is 439 g/mol. The van der Waals surface area contributed by atoms with E-state index in [4.69, 9.17) is 0 Å². The van der Waals surface area contributed by atoms with Crippen LogP contribution in [0.25, 0.3) is 0 Å². The topological polar surface area (TPSA) is 40.6 Å². The minimum atomic E-state index is -0.493. The first kappa shape index (κ1) is 29.9. The molecule has 0 aliphatic carbocycles. The molecule has 0 aliphatic heterocycles. The highest BCUT2D eigenvalue weighted by atomic mass is 16.2. The summed E-state index contributed by atoms with van der Waals surface area (Å²) < 4.78 is 0. The summed E-state index contributed by atoms with van der Waals surface area (Å²) in [6.45, 7) is 8.19. The third-order valence-corrected chi connectivity index (χ3v) is 6.39. The number of carbonyl (C=O) groups excluding carboxylic acids is 2. The lowest BCUT2D eigenvalue weighted by molar-refractivity contribution is -0.146. The van der Waals surface area contributed by atoms with Crippen molar-refractivity contribution in [1.82, 2.24) is 9.80 Å². The van der Waals surface area contributed by atoms with Gasteiger partial charge in [-0.25, -0.2) is 0 Å². The van der Waals surface area contributed by atoms with E-state index in [2.05, 4.69) is 20.8 Å². The van der Waals surface area contributed by atoms with Gasteiger partial charge in [-0.05, 0) is 19.3 Å². The van der Waals surface area contributed by atoms with E-state index in [1.807, 2.05) is 23.9 Å². The highest BCUT2D eigenvalue weighted by molar-refractivity contribution is 6.00. The minimum Gasteiger partial charge on any atom is -0.345 e. The molecule has 31 heavy (non-hydrogen) atoms. The molecule has 0 heterocycles. The Kier molecular flexibility index (Phi) is 20.1. The lowest BCUT2D eigenvalue weighted by atomic mass is 9.97. The molecule has 0 aromatic heterocycles. The summed E-state index contributed by atoms with van der Waals surface area (Å²) in [7, 11) is 3.77. The first-order chi connectivity index (χ1) is 15.0. The second-order valence-electron chi connectivity index (χ2n) is 9.46. The van der Waals surface area contributed by atoms with Gasteiger partial charge in [-0.15, -0.1) is 0 Å². The number of hydrogen-bond acceptors (Lipinski definition) is 2. The monoisotopic (exact) mass is 438 g/mol. The molecule has 2 amide bonds. The molecule has 0 spiro atoms. The van der Waals surface area contributed by atoms with E-state index >= 15 is 0 Å². The molecule has 0 fully saturated rings. The normalized spacial score (nSPS) is 11.2. The quantitative estimate of drug-likeness (QED) is 0.140. The largest absolute Gasteiger partial charge is 0.345 e. The molecule has 0 unspecified atom stereocenters. The van der Waals surface area contributed by atoms with Gasteiger partial charge >= 0.3 is 0 Å². The highest BCUT2D eigenvalue weighted by Gasteiger charge is 2.30. The van der Waals surface area contributed by atoms with E-state index in [0.717, 1.165) is 38.8 Å². The van der Waals surface area contributed by atoms with Crippen molar-refractivity contribution in [1.29, 1.82) is 0 Å². The van der Waals surface area contributed by atoms with E-state index in [-0.39, 0.29) is 11.8 Å². The number of hydrogen-bond donors (Lipinski definition) is 0. The molecule has 0 radical (unpaired) electrons. The number of unbranched alkanes of at least 4 members (excludes halogenated alkanes) is 13. The predicted molar refractivity (Wildman–Crippen MR) is 134 cm³/mol. The van der Waals surface area contributed by atoms with Crippen LogP contribution >= 0.6 is 0 Å². The summed E-state index contributed by atoms with van der Waals surface area (Å²) in [5.74, 6) is -0.429. The minimum absolute atomic E-state index is 0.0323. The van der Waals surface area contributed by atoms with Crippen LogP contribution in [0.1, 0.15) is 130 Å². The Labute approximate surface area is 194 Å². The van der Waals surface area contributed by atoms with Gasteiger partial charge in [0.1, 0.15) is 5.92 Å². The Balaban J connectivity index is 4.60. The summed E-state index contributed by atoms with van der Waals surface area (Å²) in [6, 6.07) is 0. The van der Waals surface area contributed by atoms with Gasteiger partial charge in [-0.2, -0.15) is 0 Å². The second kappa shape index (κ2) is 20.8. The molecule has 0 bridgehead atoms. The molecular weight excluding hydrogens is 384 g/mol. The number of amides is 2. The first-order valence-electron chi connectivity index (χ1n) is 13.5. The van der Waals surface area contributed by atoms with E-state index in [0.29, 0.717) is 6.42 Å². The van der Waals surface area contributed by atoms with Gasteiger partial charge in [0, 0.05) is 27.2 Å². The summed E-state index contributed by atoms with van der Waals surface area (Å²) in [5.41, 5.74) is 0. The van der Waals surface area contributed by atoms with Crippen LogP contribution in [0.4, 0.5) is 0 Å². The predicted octanol–water partition coefficient (Wildman–Crippen LogP) is 7.21. The maximum absolute atomic E-state index is 13.1. The van der Waals surface area contributed by atoms with Crippen LogP contribution in [0.15, 0.2) is 0 Å². The van der Waals surface area contributed by atoms with Crippen LogP contribution in [-0.4, -0.2) is 48.8 Å². The Hall–Kier alpha value is -1.06. The van der Waals surface area contributed by atoms with E-state index in [9.17, 15) is 9.59 Å². The maximum Gasteiger partial charge on any atom is 0.234 e. The van der Waals surface area contributed by atoms with Gasteiger partial charge in [0.05, 0.1) is 0 Å². The molecule has 0 rings (SSSR count). The average Bonchev–Trinajstić information content (AvgIpc) is 2.77. The van der Waals surface area contributed by atoms with Gasteiger partial charge in [0.15, 0.2) is 0 Å². The molecule has 0 aromatic carbocycles. The number of nitrogens with zero attached hydrogens (tertiary/aromatic N) is 2. The summed E-state index contributed by atoms with van der Waals surface area (Å²) in [6.07, 6.45) is 19.7. The van der Waals surface area contributed by atoms with Crippen LogP contribution in [-0.2, 0) is 9.59 Å². The smallest absolute Gasteiger partial charge is 0.234 e. The number of rotatable bonds is 21. The third kappa shape index (κ3) is 15.4. The standard InChI is InChI=1S/C27H54N2O2/c1-6-9-12-15-17-20-23-28(4)26(30)25(22-19-14-11-8-3)27(31)29(5)24-21-18-16-13-10-7-2/h25H,6-24H2,1-5H3. The fourth-order valence-electron chi connectivity index (χ4n) is 4.14. The Morgan fingerprint density at radius 3 is 1.23 bits per heavy atom. The summed E-state index contributed by atoms with van der Waals surface area (Å²) in [4.78, 5) is 29.9. The van der Waals surface area contributed by atoms with Gasteiger partial charge in [-0.1, -0.05) is 111 Å². The molecular formula is C27H54N2O2. The van der Waals surface area contributed by atoms with Gasteiger partial charge in [0.2, 0.25) is 11.8 Å². The molecule has 0 saturated carbocycles. The van der Waals surface area contributed by atoms with Crippen molar-refractivity contribution in [3.05, 3.63) is 0 Å². The van der Waals surface area contributed by atoms with Crippen LogP contribution in [0.3, 0.4) is 0 Å². The molecule has 0 N–H and O–H groups in total. The van der Waals surface area contributed by atoms with Crippen molar-refractivity contribution >= 4 is 11.8 Å². The zero-order chi connectivity index (χ0) is 23.3. The van der Waals surface area contributed by atoms with Gasteiger partial charge in [-0.3, -0.25) is 9.59 Å². The summed E-state index contributed by atoms with van der Waals surface area (Å²) in [5, 5.41) is 0. The molecule has 184 valence electrons. The van der Waals surface area contributed by atoms with Crippen LogP contribution in [0, 0.1) is 5.92 Å². The fraction of sp³-hybridized carbons (Fsp3) is 0.926. The molecule has 0 aromatic rings. The zero-order valence-corrected chi connectivity index (χ0v) is 21.7. The van der Waals surface area contributed by atoms with Crippen molar-refractivity contribution in [2.24, 2.45) is 5.92 Å². The molecule has 0 atom stereocenters. The number of carbonyl (C=O) groups is 2. The zero-order valence-electron chi connectivity index (χ0n) is 21.7. The Morgan fingerprint density at radius 2 is 0.839 bits per heavy atom. The maximum atomic E-state index is 13.1. The van der Waals surface area contributed by atoms with Gasteiger partial charge in [0.25, 0.3) is 0 Å². The van der Waals surface area contributed by atoms with E-state index in [1.54, 1.807) is 0 Å². The van der Waals surface area contributed by atoms with Gasteiger partial charge < -0.3 is 9.80 Å². The van der Waals surface area contributed by atoms with Crippen molar-refractivity contribution in [3.8, 4) is 0 Å². The molecule has 4 heteroatoms. The van der Waals surface area contributed by atoms with Crippen molar-refractivity contribution < 1.29 is 9.59 Å². The lowest BCUT2D eigenvalue weighted by Gasteiger charge is -2.27. The van der Waals surface area contributed by atoms with Crippen molar-refractivity contribution in [3.63, 3.8) is 0 Å².